The summed E-state index contributed by atoms with van der Waals surface area (Å²) in [6, 6.07) is 19.4. The summed E-state index contributed by atoms with van der Waals surface area (Å²) in [5.74, 6) is 1.33. The van der Waals surface area contributed by atoms with Crippen LogP contribution in [0, 0.1) is 5.41 Å². The lowest BCUT2D eigenvalue weighted by atomic mass is 9.77. The average molecular weight is 374 g/mol. The minimum atomic E-state index is 0.0962. The molecule has 0 saturated carbocycles. The summed E-state index contributed by atoms with van der Waals surface area (Å²) in [5.41, 5.74) is 1.80. The van der Waals surface area contributed by atoms with Crippen molar-refractivity contribution in [3.05, 3.63) is 72.1 Å². The zero-order chi connectivity index (χ0) is 19.1. The van der Waals surface area contributed by atoms with E-state index in [1.54, 1.807) is 0 Å². The van der Waals surface area contributed by atoms with Gasteiger partial charge in [-0.15, -0.1) is 10.2 Å². The largest absolute Gasteiger partial charge is 0.419 e. The van der Waals surface area contributed by atoms with Gasteiger partial charge in [0, 0.05) is 36.2 Å². The molecule has 0 bridgehead atoms. The average Bonchev–Trinajstić information content (AvgIpc) is 3.32. The summed E-state index contributed by atoms with van der Waals surface area (Å²) in [6.07, 6.45) is 0.929. The molecule has 0 N–H and O–H groups in total. The predicted octanol–water partition coefficient (Wildman–Crippen LogP) is 3.26. The highest BCUT2D eigenvalue weighted by atomic mass is 16.4. The first-order valence-corrected chi connectivity index (χ1v) is 9.57. The van der Waals surface area contributed by atoms with E-state index in [9.17, 15) is 4.79 Å². The first kappa shape index (κ1) is 17.1. The van der Waals surface area contributed by atoms with Gasteiger partial charge in [0.1, 0.15) is 0 Å². The van der Waals surface area contributed by atoms with Gasteiger partial charge in [-0.05, 0) is 37.7 Å². The van der Waals surface area contributed by atoms with E-state index in [0.29, 0.717) is 11.8 Å². The van der Waals surface area contributed by atoms with Crippen LogP contribution in [0.2, 0.25) is 0 Å². The molecular formula is C22H22N4O2. The lowest BCUT2D eigenvalue weighted by Gasteiger charge is -2.48. The topological polar surface area (TPSA) is 62.5 Å². The maximum atomic E-state index is 12.6. The molecule has 3 aromatic rings. The molecule has 2 aromatic carbocycles. The smallest absolute Gasteiger partial charge is 0.253 e. The third kappa shape index (κ3) is 2.90. The molecule has 142 valence electrons. The van der Waals surface area contributed by atoms with Crippen molar-refractivity contribution in [2.24, 2.45) is 5.41 Å². The van der Waals surface area contributed by atoms with Crippen LogP contribution in [0.1, 0.15) is 28.7 Å². The van der Waals surface area contributed by atoms with Gasteiger partial charge >= 0.3 is 0 Å². The van der Waals surface area contributed by atoms with Crippen LogP contribution < -0.4 is 0 Å². The fourth-order valence-corrected chi connectivity index (χ4v) is 4.51. The Balaban J connectivity index is 1.28. The molecule has 3 heterocycles. The number of likely N-dealkylation sites (tertiary alicyclic amines) is 2. The first-order chi connectivity index (χ1) is 13.6. The Kier molecular flexibility index (Phi) is 4.02. The van der Waals surface area contributed by atoms with Crippen molar-refractivity contribution in [3.8, 4) is 11.5 Å². The number of carbonyl (C=O) groups is 1. The second-order valence-electron chi connectivity index (χ2n) is 7.97. The molecule has 6 heteroatoms. The number of hydrogen-bond donors (Lipinski definition) is 0. The van der Waals surface area contributed by atoms with Crippen molar-refractivity contribution in [2.75, 3.05) is 26.7 Å². The molecule has 1 atom stereocenters. The molecule has 2 aliphatic heterocycles. The van der Waals surface area contributed by atoms with Gasteiger partial charge in [-0.3, -0.25) is 9.69 Å². The highest BCUT2D eigenvalue weighted by molar-refractivity contribution is 5.94. The summed E-state index contributed by atoms with van der Waals surface area (Å²) in [7, 11) is 2.09. The number of carbonyl (C=O) groups excluding carboxylic acids is 1. The molecular weight excluding hydrogens is 352 g/mol. The summed E-state index contributed by atoms with van der Waals surface area (Å²) in [4.78, 5) is 16.8. The van der Waals surface area contributed by atoms with Crippen LogP contribution in [0.3, 0.4) is 0 Å². The normalized spacial score (nSPS) is 21.0. The van der Waals surface area contributed by atoms with Crippen molar-refractivity contribution >= 4 is 5.91 Å². The third-order valence-corrected chi connectivity index (χ3v) is 5.85. The Hall–Kier alpha value is -2.99. The van der Waals surface area contributed by atoms with Crippen LogP contribution in [-0.2, 0) is 0 Å². The van der Waals surface area contributed by atoms with Gasteiger partial charge in [0.25, 0.3) is 5.91 Å². The van der Waals surface area contributed by atoms with Gasteiger partial charge < -0.3 is 9.32 Å². The number of benzene rings is 2. The highest BCUT2D eigenvalue weighted by Crippen LogP contribution is 2.47. The Morgan fingerprint density at radius 2 is 1.68 bits per heavy atom. The van der Waals surface area contributed by atoms with Crippen molar-refractivity contribution in [2.45, 2.75) is 12.5 Å². The highest BCUT2D eigenvalue weighted by Gasteiger charge is 2.53. The summed E-state index contributed by atoms with van der Waals surface area (Å²) in [5, 5.41) is 8.54. The van der Waals surface area contributed by atoms with Crippen LogP contribution in [0.5, 0.6) is 0 Å². The van der Waals surface area contributed by atoms with Crippen molar-refractivity contribution in [1.82, 2.24) is 20.0 Å². The number of rotatable bonds is 3. The maximum absolute atomic E-state index is 12.6. The molecule has 5 rings (SSSR count). The Morgan fingerprint density at radius 1 is 1.00 bits per heavy atom. The van der Waals surface area contributed by atoms with Crippen LogP contribution in [0.15, 0.2) is 65.1 Å². The molecule has 1 aromatic heterocycles. The molecule has 0 aliphatic carbocycles. The monoisotopic (exact) mass is 374 g/mol. The summed E-state index contributed by atoms with van der Waals surface area (Å²) >= 11 is 0. The zero-order valence-corrected chi connectivity index (χ0v) is 15.8. The standard InChI is InChI=1S/C22H22N4O2/c1-25-13-22(14-26(15-22)21(27)17-10-6-3-7-11-17)12-18(25)20-24-23-19(28-20)16-8-4-2-5-9-16/h2-11,18H,12-15H2,1H3. The van der Waals surface area contributed by atoms with Crippen LogP contribution in [-0.4, -0.2) is 52.6 Å². The van der Waals surface area contributed by atoms with Crippen LogP contribution in [0.4, 0.5) is 0 Å². The lowest BCUT2D eigenvalue weighted by molar-refractivity contribution is 0.0115. The number of nitrogens with zero attached hydrogens (tertiary/aromatic N) is 4. The minimum absolute atomic E-state index is 0.0962. The van der Waals surface area contributed by atoms with Gasteiger partial charge in [-0.2, -0.15) is 0 Å². The first-order valence-electron chi connectivity index (χ1n) is 9.57. The Labute approximate surface area is 163 Å². The van der Waals surface area contributed by atoms with E-state index >= 15 is 0 Å². The zero-order valence-electron chi connectivity index (χ0n) is 15.8. The van der Waals surface area contributed by atoms with Gasteiger partial charge in [0.2, 0.25) is 11.8 Å². The van der Waals surface area contributed by atoms with Gasteiger partial charge in [0.05, 0.1) is 6.04 Å². The minimum Gasteiger partial charge on any atom is -0.419 e. The lowest BCUT2D eigenvalue weighted by Crippen LogP contribution is -2.59. The van der Waals surface area contributed by atoms with Crippen LogP contribution in [0.25, 0.3) is 11.5 Å². The van der Waals surface area contributed by atoms with Crippen LogP contribution >= 0.6 is 0 Å². The fourth-order valence-electron chi connectivity index (χ4n) is 4.51. The van der Waals surface area contributed by atoms with E-state index in [4.69, 9.17) is 4.42 Å². The summed E-state index contributed by atoms with van der Waals surface area (Å²) < 4.78 is 5.99. The molecule has 1 unspecified atom stereocenters. The van der Waals surface area contributed by atoms with E-state index in [-0.39, 0.29) is 17.4 Å². The number of aromatic nitrogens is 2. The van der Waals surface area contributed by atoms with Gasteiger partial charge in [0.15, 0.2) is 0 Å². The number of hydrogen-bond acceptors (Lipinski definition) is 5. The molecule has 2 fully saturated rings. The molecule has 2 saturated heterocycles. The maximum Gasteiger partial charge on any atom is 0.253 e. The predicted molar refractivity (Wildman–Crippen MR) is 105 cm³/mol. The molecule has 0 radical (unpaired) electrons. The van der Waals surface area contributed by atoms with E-state index in [1.165, 1.54) is 0 Å². The molecule has 2 aliphatic rings. The molecule has 1 amide bonds. The molecule has 28 heavy (non-hydrogen) atoms. The third-order valence-electron chi connectivity index (χ3n) is 5.85. The van der Waals surface area contributed by atoms with Gasteiger partial charge in [-0.1, -0.05) is 36.4 Å². The van der Waals surface area contributed by atoms with Crippen molar-refractivity contribution in [1.29, 1.82) is 0 Å². The second-order valence-corrected chi connectivity index (χ2v) is 7.97. The van der Waals surface area contributed by atoms with E-state index in [1.807, 2.05) is 65.6 Å². The van der Waals surface area contributed by atoms with E-state index < -0.39 is 0 Å². The Morgan fingerprint density at radius 3 is 2.39 bits per heavy atom. The van der Waals surface area contributed by atoms with E-state index in [0.717, 1.165) is 37.2 Å². The van der Waals surface area contributed by atoms with Crippen molar-refractivity contribution < 1.29 is 9.21 Å². The van der Waals surface area contributed by atoms with Crippen molar-refractivity contribution in [3.63, 3.8) is 0 Å². The molecule has 1 spiro atoms. The summed E-state index contributed by atoms with van der Waals surface area (Å²) in [6.45, 7) is 2.49. The van der Waals surface area contributed by atoms with E-state index in [2.05, 4.69) is 22.1 Å². The quantitative estimate of drug-likeness (QED) is 0.704. The number of amides is 1. The fraction of sp³-hybridized carbons (Fsp3) is 0.318. The molecule has 6 nitrogen and oxygen atoms in total. The van der Waals surface area contributed by atoms with Gasteiger partial charge in [-0.25, -0.2) is 0 Å². The Bertz CT molecular complexity index is 980. The second kappa shape index (κ2) is 6.56. The SMILES string of the molecule is CN1CC2(CC1c1nnc(-c3ccccc3)o1)CN(C(=O)c1ccccc1)C2.